The molecule has 114 valence electrons. The maximum atomic E-state index is 12.5. The molecule has 1 N–H and O–H groups in total. The van der Waals surface area contributed by atoms with Gasteiger partial charge in [0.25, 0.3) is 5.91 Å². The van der Waals surface area contributed by atoms with Crippen LogP contribution in [0.1, 0.15) is 59.5 Å². The van der Waals surface area contributed by atoms with Crippen LogP contribution in [0.5, 0.6) is 0 Å². The molecular weight excluding hydrogens is 270 g/mol. The number of carbonyl (C=O) groups excluding carboxylic acids is 1. The molecule has 2 rings (SSSR count). The second kappa shape index (κ2) is 6.07. The summed E-state index contributed by atoms with van der Waals surface area (Å²) >= 11 is 0. The van der Waals surface area contributed by atoms with Crippen molar-refractivity contribution in [2.45, 2.75) is 53.6 Å². The Morgan fingerprint density at radius 3 is 2.52 bits per heavy atom. The highest BCUT2D eigenvalue weighted by Crippen LogP contribution is 2.24. The summed E-state index contributed by atoms with van der Waals surface area (Å²) in [6.07, 6.45) is 0.751. The first-order valence-electron chi connectivity index (χ1n) is 7.13. The first-order valence-corrected chi connectivity index (χ1v) is 7.13. The lowest BCUT2D eigenvalue weighted by Gasteiger charge is -2.17. The zero-order chi connectivity index (χ0) is 15.6. The quantitative estimate of drug-likeness (QED) is 0.911. The van der Waals surface area contributed by atoms with Crippen molar-refractivity contribution in [2.24, 2.45) is 0 Å². The third-order valence-electron chi connectivity index (χ3n) is 3.57. The Kier molecular flexibility index (Phi) is 4.40. The van der Waals surface area contributed by atoms with E-state index in [0.29, 0.717) is 17.9 Å². The molecule has 2 heterocycles. The van der Waals surface area contributed by atoms with Gasteiger partial charge in [0.05, 0.1) is 17.4 Å². The van der Waals surface area contributed by atoms with Crippen LogP contribution in [0.25, 0.3) is 0 Å². The number of rotatable bonds is 5. The van der Waals surface area contributed by atoms with E-state index in [9.17, 15) is 4.79 Å². The largest absolute Gasteiger partial charge is 0.361 e. The fourth-order valence-corrected chi connectivity index (χ4v) is 2.50. The van der Waals surface area contributed by atoms with E-state index in [4.69, 9.17) is 4.52 Å². The third kappa shape index (κ3) is 2.81. The van der Waals surface area contributed by atoms with Crippen LogP contribution in [0.3, 0.4) is 0 Å². The van der Waals surface area contributed by atoms with Crippen molar-refractivity contribution in [3.8, 4) is 0 Å². The van der Waals surface area contributed by atoms with Gasteiger partial charge >= 0.3 is 0 Å². The predicted octanol–water partition coefficient (Wildman–Crippen LogP) is 2.09. The monoisotopic (exact) mass is 291 g/mol. The summed E-state index contributed by atoms with van der Waals surface area (Å²) < 4.78 is 6.79. The smallest absolute Gasteiger partial charge is 0.272 e. The van der Waals surface area contributed by atoms with Crippen LogP contribution in [-0.2, 0) is 6.54 Å². The summed E-state index contributed by atoms with van der Waals surface area (Å²) in [6.45, 7) is 10.1. The van der Waals surface area contributed by atoms with Gasteiger partial charge in [-0.2, -0.15) is 0 Å². The lowest BCUT2D eigenvalue weighted by Crippen LogP contribution is -2.31. The molecule has 2 aromatic rings. The molecule has 2 aromatic heterocycles. The number of carbonyl (C=O) groups is 1. The van der Waals surface area contributed by atoms with Crippen LogP contribution < -0.4 is 5.32 Å². The minimum atomic E-state index is -0.175. The topological polar surface area (TPSA) is 85.8 Å². The molecule has 1 unspecified atom stereocenters. The molecule has 0 radical (unpaired) electrons. The molecule has 0 saturated carbocycles. The van der Waals surface area contributed by atoms with Gasteiger partial charge in [0.15, 0.2) is 0 Å². The van der Waals surface area contributed by atoms with Crippen LogP contribution in [0.2, 0.25) is 0 Å². The van der Waals surface area contributed by atoms with Gasteiger partial charge in [-0.05, 0) is 34.1 Å². The normalized spacial score (nSPS) is 12.4. The average molecular weight is 291 g/mol. The van der Waals surface area contributed by atoms with E-state index in [0.717, 1.165) is 23.4 Å². The Balaban J connectivity index is 2.27. The molecular formula is C14H21N5O2. The van der Waals surface area contributed by atoms with Crippen LogP contribution in [0.15, 0.2) is 4.52 Å². The summed E-state index contributed by atoms with van der Waals surface area (Å²) in [6, 6.07) is -0.136. The van der Waals surface area contributed by atoms with Crippen molar-refractivity contribution < 1.29 is 9.32 Å². The summed E-state index contributed by atoms with van der Waals surface area (Å²) in [5.74, 6) is 0.560. The lowest BCUT2D eigenvalue weighted by atomic mass is 10.0. The molecule has 0 bridgehead atoms. The summed E-state index contributed by atoms with van der Waals surface area (Å²) in [4.78, 5) is 12.5. The first kappa shape index (κ1) is 15.2. The van der Waals surface area contributed by atoms with E-state index in [-0.39, 0.29) is 11.9 Å². The van der Waals surface area contributed by atoms with Gasteiger partial charge in [-0.1, -0.05) is 17.3 Å². The number of aromatic nitrogens is 4. The maximum Gasteiger partial charge on any atom is 0.272 e. The first-order chi connectivity index (χ1) is 9.99. The van der Waals surface area contributed by atoms with Gasteiger partial charge in [-0.15, -0.1) is 5.10 Å². The Morgan fingerprint density at radius 1 is 1.29 bits per heavy atom. The maximum absolute atomic E-state index is 12.5. The summed E-state index contributed by atoms with van der Waals surface area (Å²) in [5.41, 5.74) is 2.88. The van der Waals surface area contributed by atoms with E-state index >= 15 is 0 Å². The van der Waals surface area contributed by atoms with Crippen LogP contribution in [-0.4, -0.2) is 26.1 Å². The Bertz CT molecular complexity index is 624. The SMILES string of the molecule is CCC(NC(=O)c1c(C)nnn1CC)c1c(C)noc1C. The van der Waals surface area contributed by atoms with Gasteiger partial charge in [-0.3, -0.25) is 4.79 Å². The zero-order valence-electron chi connectivity index (χ0n) is 13.1. The Morgan fingerprint density at radius 2 is 2.00 bits per heavy atom. The number of hydrogen-bond donors (Lipinski definition) is 1. The molecule has 7 nitrogen and oxygen atoms in total. The molecule has 1 amide bonds. The third-order valence-corrected chi connectivity index (χ3v) is 3.57. The van der Waals surface area contributed by atoms with Gasteiger partial charge < -0.3 is 9.84 Å². The molecule has 7 heteroatoms. The molecule has 0 aliphatic rings. The van der Waals surface area contributed by atoms with Crippen molar-refractivity contribution >= 4 is 5.91 Å². The summed E-state index contributed by atoms with van der Waals surface area (Å²) in [5, 5.41) is 14.9. The number of nitrogens with one attached hydrogen (secondary N) is 1. The predicted molar refractivity (Wildman–Crippen MR) is 76.9 cm³/mol. The number of hydrogen-bond acceptors (Lipinski definition) is 5. The second-order valence-corrected chi connectivity index (χ2v) is 5.01. The highest BCUT2D eigenvalue weighted by atomic mass is 16.5. The molecule has 0 spiro atoms. The van der Waals surface area contributed by atoms with Crippen LogP contribution >= 0.6 is 0 Å². The highest BCUT2D eigenvalue weighted by Gasteiger charge is 2.24. The number of aryl methyl sites for hydroxylation is 4. The van der Waals surface area contributed by atoms with Crippen molar-refractivity contribution in [3.63, 3.8) is 0 Å². The Labute approximate surface area is 123 Å². The van der Waals surface area contributed by atoms with Crippen molar-refractivity contribution in [1.82, 2.24) is 25.5 Å². The Hall–Kier alpha value is -2.18. The molecule has 0 fully saturated rings. The second-order valence-electron chi connectivity index (χ2n) is 5.01. The van der Waals surface area contributed by atoms with Crippen molar-refractivity contribution in [2.75, 3.05) is 0 Å². The van der Waals surface area contributed by atoms with E-state index in [1.807, 2.05) is 27.7 Å². The molecule has 21 heavy (non-hydrogen) atoms. The van der Waals surface area contributed by atoms with Gasteiger partial charge in [0.1, 0.15) is 11.5 Å². The van der Waals surface area contributed by atoms with Gasteiger partial charge in [-0.25, -0.2) is 4.68 Å². The molecule has 0 aliphatic carbocycles. The minimum Gasteiger partial charge on any atom is -0.361 e. The van der Waals surface area contributed by atoms with Gasteiger partial charge in [0, 0.05) is 12.1 Å². The van der Waals surface area contributed by atoms with E-state index in [1.165, 1.54) is 0 Å². The van der Waals surface area contributed by atoms with E-state index in [2.05, 4.69) is 20.8 Å². The lowest BCUT2D eigenvalue weighted by molar-refractivity contribution is 0.0924. The molecule has 0 aromatic carbocycles. The van der Waals surface area contributed by atoms with Crippen molar-refractivity contribution in [1.29, 1.82) is 0 Å². The molecule has 0 aliphatic heterocycles. The molecule has 1 atom stereocenters. The van der Waals surface area contributed by atoms with Crippen LogP contribution in [0.4, 0.5) is 0 Å². The zero-order valence-corrected chi connectivity index (χ0v) is 13.1. The molecule has 0 saturated heterocycles. The number of amides is 1. The summed E-state index contributed by atoms with van der Waals surface area (Å²) in [7, 11) is 0. The average Bonchev–Trinajstić information content (AvgIpc) is 2.99. The standard InChI is InChI=1S/C14H21N5O2/c1-6-11(12-8(3)17-21-10(12)5)15-14(20)13-9(4)16-18-19(13)7-2/h11H,6-7H2,1-5H3,(H,15,20). The van der Waals surface area contributed by atoms with E-state index in [1.54, 1.807) is 11.6 Å². The van der Waals surface area contributed by atoms with Crippen LogP contribution in [0, 0.1) is 20.8 Å². The fourth-order valence-electron chi connectivity index (χ4n) is 2.50. The van der Waals surface area contributed by atoms with E-state index < -0.39 is 0 Å². The highest BCUT2D eigenvalue weighted by molar-refractivity contribution is 5.93. The van der Waals surface area contributed by atoms with Gasteiger partial charge in [0.2, 0.25) is 0 Å². The minimum absolute atomic E-state index is 0.136. The number of nitrogens with zero attached hydrogens (tertiary/aromatic N) is 4. The van der Waals surface area contributed by atoms with Crippen molar-refractivity contribution in [3.05, 3.63) is 28.4 Å². The fraction of sp³-hybridized carbons (Fsp3) is 0.571.